The number of anilines is 1. The average Bonchev–Trinajstić information content (AvgIpc) is 2.83. The van der Waals surface area contributed by atoms with E-state index in [1.54, 1.807) is 12.4 Å². The molecule has 0 saturated heterocycles. The molecule has 1 heterocycles. The maximum atomic E-state index is 13.4. The van der Waals surface area contributed by atoms with Gasteiger partial charge in [0, 0.05) is 12.6 Å². The second kappa shape index (κ2) is 5.86. The first kappa shape index (κ1) is 14.9. The Labute approximate surface area is 119 Å². The number of halogens is 2. The number of hydrogen-bond donors (Lipinski definition) is 2. The lowest BCUT2D eigenvalue weighted by molar-refractivity contribution is 0.583. The molecule has 0 aliphatic heterocycles. The van der Waals surface area contributed by atoms with Crippen LogP contribution in [0.15, 0.2) is 33.9 Å². The van der Waals surface area contributed by atoms with Crippen molar-refractivity contribution in [1.29, 1.82) is 0 Å². The van der Waals surface area contributed by atoms with Crippen LogP contribution in [0.4, 0.5) is 14.5 Å². The Kier molecular flexibility index (Phi) is 4.36. The Morgan fingerprint density at radius 3 is 2.65 bits per heavy atom. The molecule has 1 aromatic heterocycles. The minimum atomic E-state index is -3.87. The van der Waals surface area contributed by atoms with Gasteiger partial charge in [-0.3, -0.25) is 4.72 Å². The van der Waals surface area contributed by atoms with Crippen LogP contribution in [0.2, 0.25) is 0 Å². The number of nitrogens with one attached hydrogen (secondary N) is 2. The van der Waals surface area contributed by atoms with Crippen LogP contribution in [0.5, 0.6) is 0 Å². The Balaban J connectivity index is 2.26. The molecule has 0 bridgehead atoms. The van der Waals surface area contributed by atoms with Crippen molar-refractivity contribution in [2.24, 2.45) is 0 Å². The minimum Gasteiger partial charge on any atom is -0.316 e. The molecule has 0 spiro atoms. The van der Waals surface area contributed by atoms with E-state index in [4.69, 9.17) is 0 Å². The van der Waals surface area contributed by atoms with Crippen molar-refractivity contribution in [2.75, 3.05) is 11.8 Å². The van der Waals surface area contributed by atoms with Gasteiger partial charge in [-0.2, -0.15) is 0 Å². The predicted molar refractivity (Wildman–Crippen MR) is 74.2 cm³/mol. The van der Waals surface area contributed by atoms with Gasteiger partial charge in [0.2, 0.25) is 0 Å². The number of thiophene rings is 1. The summed E-state index contributed by atoms with van der Waals surface area (Å²) in [4.78, 5) is 0. The highest BCUT2D eigenvalue weighted by molar-refractivity contribution is 7.94. The summed E-state index contributed by atoms with van der Waals surface area (Å²) in [7, 11) is -2.12. The van der Waals surface area contributed by atoms with Gasteiger partial charge < -0.3 is 5.32 Å². The first-order valence-electron chi connectivity index (χ1n) is 5.62. The number of benzene rings is 1. The van der Waals surface area contributed by atoms with E-state index in [0.717, 1.165) is 29.0 Å². The van der Waals surface area contributed by atoms with Gasteiger partial charge in [0.05, 0.1) is 5.69 Å². The normalized spacial score (nSPS) is 11.6. The summed E-state index contributed by atoms with van der Waals surface area (Å²) in [5.74, 6) is -1.72. The van der Waals surface area contributed by atoms with E-state index in [9.17, 15) is 17.2 Å². The molecule has 2 aromatic rings. The smallest absolute Gasteiger partial charge is 0.271 e. The minimum absolute atomic E-state index is 0.0754. The molecule has 2 N–H and O–H groups in total. The molecule has 108 valence electrons. The molecule has 0 unspecified atom stereocenters. The topological polar surface area (TPSA) is 58.2 Å². The predicted octanol–water partition coefficient (Wildman–Crippen LogP) is 2.55. The molecule has 1 aromatic carbocycles. The summed E-state index contributed by atoms with van der Waals surface area (Å²) in [6.45, 7) is 0.539. The van der Waals surface area contributed by atoms with Gasteiger partial charge in [-0.1, -0.05) is 0 Å². The zero-order valence-electron chi connectivity index (χ0n) is 10.5. The van der Waals surface area contributed by atoms with E-state index in [1.165, 1.54) is 6.07 Å². The third-order valence-corrected chi connectivity index (χ3v) is 5.30. The Morgan fingerprint density at radius 2 is 2.00 bits per heavy atom. The first-order chi connectivity index (χ1) is 9.42. The van der Waals surface area contributed by atoms with Gasteiger partial charge >= 0.3 is 0 Å². The Hall–Kier alpha value is -1.51. The summed E-state index contributed by atoms with van der Waals surface area (Å²) in [6.07, 6.45) is 0. The lowest BCUT2D eigenvalue weighted by atomic mass is 10.3. The third-order valence-electron chi connectivity index (χ3n) is 2.45. The van der Waals surface area contributed by atoms with E-state index in [2.05, 4.69) is 10.0 Å². The zero-order valence-corrected chi connectivity index (χ0v) is 12.1. The Bertz CT molecular complexity index is 714. The molecule has 8 heteroatoms. The maximum absolute atomic E-state index is 13.4. The molecule has 4 nitrogen and oxygen atoms in total. The standard InChI is InChI=1S/C12H12F2N2O2S2/c1-15-6-8-4-12(19-7-8)20(17,18)16-11-3-2-9(13)5-10(11)14/h2-5,7,15-16H,6H2,1H3. The first-order valence-corrected chi connectivity index (χ1v) is 7.98. The van der Waals surface area contributed by atoms with Gasteiger partial charge in [0.25, 0.3) is 10.0 Å². The van der Waals surface area contributed by atoms with Gasteiger partial charge in [0.1, 0.15) is 15.8 Å². The van der Waals surface area contributed by atoms with Crippen LogP contribution in [0.25, 0.3) is 0 Å². The molecular weight excluding hydrogens is 306 g/mol. The van der Waals surface area contributed by atoms with Crippen molar-refractivity contribution in [3.05, 3.63) is 46.8 Å². The summed E-state index contributed by atoms with van der Waals surface area (Å²) in [6, 6.07) is 4.16. The van der Waals surface area contributed by atoms with Crippen molar-refractivity contribution in [2.45, 2.75) is 10.8 Å². The number of sulfonamides is 1. The van der Waals surface area contributed by atoms with Crippen LogP contribution in [0, 0.1) is 11.6 Å². The van der Waals surface area contributed by atoms with E-state index in [0.29, 0.717) is 12.6 Å². The van der Waals surface area contributed by atoms with Gasteiger partial charge in [0.15, 0.2) is 0 Å². The van der Waals surface area contributed by atoms with Gasteiger partial charge in [-0.05, 0) is 36.2 Å². The highest BCUT2D eigenvalue weighted by atomic mass is 32.2. The number of hydrogen-bond acceptors (Lipinski definition) is 4. The summed E-state index contributed by atoms with van der Waals surface area (Å²) in [5.41, 5.74) is 0.535. The molecule has 0 radical (unpaired) electrons. The monoisotopic (exact) mass is 318 g/mol. The molecule has 0 aliphatic carbocycles. The molecule has 0 atom stereocenters. The lowest BCUT2D eigenvalue weighted by Crippen LogP contribution is -2.13. The van der Waals surface area contributed by atoms with Crippen LogP contribution in [-0.2, 0) is 16.6 Å². The van der Waals surface area contributed by atoms with Crippen molar-refractivity contribution in [3.8, 4) is 0 Å². The molecule has 20 heavy (non-hydrogen) atoms. The van der Waals surface area contributed by atoms with Crippen molar-refractivity contribution in [3.63, 3.8) is 0 Å². The molecule has 0 amide bonds. The largest absolute Gasteiger partial charge is 0.316 e. The highest BCUT2D eigenvalue weighted by Gasteiger charge is 2.18. The Morgan fingerprint density at radius 1 is 1.25 bits per heavy atom. The van der Waals surface area contributed by atoms with Crippen LogP contribution < -0.4 is 10.0 Å². The number of rotatable bonds is 5. The average molecular weight is 318 g/mol. The van der Waals surface area contributed by atoms with Crippen molar-refractivity contribution < 1.29 is 17.2 Å². The van der Waals surface area contributed by atoms with E-state index in [-0.39, 0.29) is 9.90 Å². The zero-order chi connectivity index (χ0) is 14.8. The van der Waals surface area contributed by atoms with E-state index >= 15 is 0 Å². The quantitative estimate of drug-likeness (QED) is 0.891. The SMILES string of the molecule is CNCc1csc(S(=O)(=O)Nc2ccc(F)cc2F)c1. The molecule has 0 aliphatic rings. The fourth-order valence-corrected chi connectivity index (χ4v) is 3.83. The molecule has 0 saturated carbocycles. The summed E-state index contributed by atoms with van der Waals surface area (Å²) in [5, 5.41) is 4.60. The van der Waals surface area contributed by atoms with E-state index < -0.39 is 21.7 Å². The second-order valence-corrected chi connectivity index (χ2v) is 6.85. The maximum Gasteiger partial charge on any atom is 0.271 e. The summed E-state index contributed by atoms with van der Waals surface area (Å²) < 4.78 is 52.5. The molecule has 0 fully saturated rings. The van der Waals surface area contributed by atoms with Crippen LogP contribution >= 0.6 is 11.3 Å². The fraction of sp³-hybridized carbons (Fsp3) is 0.167. The summed E-state index contributed by atoms with van der Waals surface area (Å²) >= 11 is 1.04. The van der Waals surface area contributed by atoms with Crippen molar-refractivity contribution in [1.82, 2.24) is 5.32 Å². The third kappa shape index (κ3) is 3.33. The van der Waals surface area contributed by atoms with Gasteiger partial charge in [-0.15, -0.1) is 11.3 Å². The molecular formula is C12H12F2N2O2S2. The highest BCUT2D eigenvalue weighted by Crippen LogP contribution is 2.24. The van der Waals surface area contributed by atoms with Crippen LogP contribution in [0.1, 0.15) is 5.56 Å². The second-order valence-electron chi connectivity index (χ2n) is 4.03. The fourth-order valence-electron chi connectivity index (χ4n) is 1.56. The van der Waals surface area contributed by atoms with Crippen LogP contribution in [0.3, 0.4) is 0 Å². The van der Waals surface area contributed by atoms with Crippen molar-refractivity contribution >= 4 is 27.0 Å². The lowest BCUT2D eigenvalue weighted by Gasteiger charge is -2.07. The van der Waals surface area contributed by atoms with E-state index in [1.807, 2.05) is 0 Å². The van der Waals surface area contributed by atoms with Crippen LogP contribution in [-0.4, -0.2) is 15.5 Å². The molecule has 2 rings (SSSR count). The van der Waals surface area contributed by atoms with Gasteiger partial charge in [-0.25, -0.2) is 17.2 Å².